The highest BCUT2D eigenvalue weighted by molar-refractivity contribution is 7.89. The minimum Gasteiger partial charge on any atom is -0.372 e. The maximum absolute atomic E-state index is 12.4. The highest BCUT2D eigenvalue weighted by atomic mass is 32.2. The lowest BCUT2D eigenvalue weighted by molar-refractivity contribution is -0.115. The number of rotatable bonds is 8. The number of hydrogen-bond acceptors (Lipinski definition) is 5. The van der Waals surface area contributed by atoms with Gasteiger partial charge in [-0.2, -0.15) is 5.10 Å². The van der Waals surface area contributed by atoms with Gasteiger partial charge in [0.05, 0.1) is 17.9 Å². The number of carbonyl (C=O) groups is 1. The Balaban J connectivity index is 2.04. The first-order valence-electron chi connectivity index (χ1n) is 8.86. The zero-order valence-corrected chi connectivity index (χ0v) is 17.2. The van der Waals surface area contributed by atoms with Crippen LogP contribution in [-0.2, 0) is 14.8 Å². The molecule has 2 aromatic rings. The molecule has 1 amide bonds. The van der Waals surface area contributed by atoms with Crippen LogP contribution in [0.5, 0.6) is 0 Å². The molecule has 3 N–H and O–H groups in total. The number of carbonyl (C=O) groups excluding carboxylic acids is 1. The van der Waals surface area contributed by atoms with Gasteiger partial charge in [0.25, 0.3) is 0 Å². The molecule has 9 heteroatoms. The molecule has 0 aliphatic carbocycles. The first-order chi connectivity index (χ1) is 12.7. The van der Waals surface area contributed by atoms with Gasteiger partial charge >= 0.3 is 0 Å². The zero-order chi connectivity index (χ0) is 20.2. The Morgan fingerprint density at radius 2 is 1.85 bits per heavy atom. The normalized spacial score (nSPS) is 11.4. The Hall–Kier alpha value is -2.39. The van der Waals surface area contributed by atoms with E-state index in [1.54, 1.807) is 13.8 Å². The Morgan fingerprint density at radius 1 is 1.19 bits per heavy atom. The van der Waals surface area contributed by atoms with Gasteiger partial charge < -0.3 is 10.2 Å². The molecule has 0 saturated carbocycles. The lowest BCUT2D eigenvalue weighted by Gasteiger charge is -2.22. The van der Waals surface area contributed by atoms with Gasteiger partial charge in [-0.05, 0) is 58.4 Å². The molecule has 1 aromatic carbocycles. The van der Waals surface area contributed by atoms with E-state index in [0.29, 0.717) is 17.1 Å². The molecule has 0 fully saturated rings. The number of nitrogens with one attached hydrogen (secondary N) is 3. The number of hydrogen-bond donors (Lipinski definition) is 3. The second kappa shape index (κ2) is 8.53. The van der Waals surface area contributed by atoms with Crippen molar-refractivity contribution in [3.63, 3.8) is 0 Å². The van der Waals surface area contributed by atoms with Crippen molar-refractivity contribution in [1.82, 2.24) is 14.9 Å². The third-order valence-corrected chi connectivity index (χ3v) is 6.03. The number of benzene rings is 1. The standard InChI is InChI=1S/C18H27N5O3S/c1-6-23(7-2)15-8-9-16(12(3)10-15)20-17(24)11-19-27(25,26)18-13(4)21-22-14(18)5/h8-10,19H,6-7,11H2,1-5H3,(H,20,24)(H,21,22). The first-order valence-corrected chi connectivity index (χ1v) is 10.3. The van der Waals surface area contributed by atoms with Gasteiger partial charge in [-0.25, -0.2) is 13.1 Å². The summed E-state index contributed by atoms with van der Waals surface area (Å²) < 4.78 is 27.1. The van der Waals surface area contributed by atoms with Gasteiger partial charge in [0.2, 0.25) is 15.9 Å². The third kappa shape index (κ3) is 4.86. The number of aromatic amines is 1. The SMILES string of the molecule is CCN(CC)c1ccc(NC(=O)CNS(=O)(=O)c2c(C)n[nH]c2C)c(C)c1. The minimum absolute atomic E-state index is 0.0788. The van der Waals surface area contributed by atoms with E-state index in [0.717, 1.165) is 24.3 Å². The lowest BCUT2D eigenvalue weighted by Crippen LogP contribution is -2.33. The van der Waals surface area contributed by atoms with Crippen LogP contribution in [-0.4, -0.2) is 44.2 Å². The fourth-order valence-corrected chi connectivity index (χ4v) is 4.29. The van der Waals surface area contributed by atoms with E-state index in [1.165, 1.54) is 0 Å². The molecule has 8 nitrogen and oxygen atoms in total. The fraction of sp³-hybridized carbons (Fsp3) is 0.444. The number of nitrogens with zero attached hydrogens (tertiary/aromatic N) is 2. The largest absolute Gasteiger partial charge is 0.372 e. The molecule has 0 saturated heterocycles. The van der Waals surface area contributed by atoms with Gasteiger partial charge in [-0.1, -0.05) is 0 Å². The van der Waals surface area contributed by atoms with Gasteiger partial charge in [0, 0.05) is 24.5 Å². The molecule has 0 bridgehead atoms. The Kier molecular flexibility index (Phi) is 6.61. The van der Waals surface area contributed by atoms with Crippen molar-refractivity contribution in [3.05, 3.63) is 35.2 Å². The highest BCUT2D eigenvalue weighted by Gasteiger charge is 2.22. The number of sulfonamides is 1. The van der Waals surface area contributed by atoms with Crippen LogP contribution in [0.25, 0.3) is 0 Å². The van der Waals surface area contributed by atoms with E-state index >= 15 is 0 Å². The number of H-pyrrole nitrogens is 1. The summed E-state index contributed by atoms with van der Waals surface area (Å²) in [5.41, 5.74) is 3.46. The van der Waals surface area contributed by atoms with Gasteiger partial charge in [0.15, 0.2) is 0 Å². The van der Waals surface area contributed by atoms with Crippen LogP contribution in [0.15, 0.2) is 23.1 Å². The molecular formula is C18H27N5O3S. The maximum atomic E-state index is 12.4. The van der Waals surface area contributed by atoms with Crippen molar-refractivity contribution in [3.8, 4) is 0 Å². The van der Waals surface area contributed by atoms with E-state index in [9.17, 15) is 13.2 Å². The molecule has 1 aromatic heterocycles. The molecule has 0 aliphatic rings. The van der Waals surface area contributed by atoms with Crippen LogP contribution < -0.4 is 14.9 Å². The second-order valence-corrected chi connectivity index (χ2v) is 8.01. The smallest absolute Gasteiger partial charge is 0.244 e. The van der Waals surface area contributed by atoms with Crippen LogP contribution >= 0.6 is 0 Å². The highest BCUT2D eigenvalue weighted by Crippen LogP contribution is 2.22. The fourth-order valence-electron chi connectivity index (χ4n) is 2.94. The molecule has 148 valence electrons. The Bertz CT molecular complexity index is 898. The predicted molar refractivity (Wildman–Crippen MR) is 107 cm³/mol. The monoisotopic (exact) mass is 393 g/mol. The van der Waals surface area contributed by atoms with E-state index in [4.69, 9.17) is 0 Å². The molecule has 27 heavy (non-hydrogen) atoms. The number of amides is 1. The zero-order valence-electron chi connectivity index (χ0n) is 16.4. The quantitative estimate of drug-likeness (QED) is 0.637. The second-order valence-electron chi connectivity index (χ2n) is 6.31. The van der Waals surface area contributed by atoms with Crippen molar-refractivity contribution in [2.45, 2.75) is 39.5 Å². The average molecular weight is 394 g/mol. The topological polar surface area (TPSA) is 107 Å². The van der Waals surface area contributed by atoms with Gasteiger partial charge in [0.1, 0.15) is 4.90 Å². The molecule has 0 radical (unpaired) electrons. The van der Waals surface area contributed by atoms with Crippen LogP contribution in [0.1, 0.15) is 30.8 Å². The molecular weight excluding hydrogens is 366 g/mol. The molecule has 0 aliphatic heterocycles. The summed E-state index contributed by atoms with van der Waals surface area (Å²) in [5, 5.41) is 9.26. The molecule has 0 unspecified atom stereocenters. The van der Waals surface area contributed by atoms with Crippen LogP contribution in [0.4, 0.5) is 11.4 Å². The van der Waals surface area contributed by atoms with Gasteiger partial charge in [-0.15, -0.1) is 0 Å². The predicted octanol–water partition coefficient (Wildman–Crippen LogP) is 2.10. The number of anilines is 2. The summed E-state index contributed by atoms with van der Waals surface area (Å²) in [4.78, 5) is 14.5. The van der Waals surface area contributed by atoms with Crippen molar-refractivity contribution in [2.75, 3.05) is 29.9 Å². The van der Waals surface area contributed by atoms with E-state index in [2.05, 4.69) is 39.0 Å². The molecule has 0 atom stereocenters. The minimum atomic E-state index is -3.81. The first kappa shape index (κ1) is 20.9. The number of aromatic nitrogens is 2. The van der Waals surface area contributed by atoms with Crippen molar-refractivity contribution >= 4 is 27.3 Å². The van der Waals surface area contributed by atoms with E-state index in [-0.39, 0.29) is 11.4 Å². The maximum Gasteiger partial charge on any atom is 0.244 e. The Labute approximate surface area is 160 Å². The summed E-state index contributed by atoms with van der Waals surface area (Å²) in [6, 6.07) is 5.78. The van der Waals surface area contributed by atoms with E-state index < -0.39 is 15.9 Å². The van der Waals surface area contributed by atoms with Crippen LogP contribution in [0, 0.1) is 20.8 Å². The average Bonchev–Trinajstić information content (AvgIpc) is 2.96. The summed E-state index contributed by atoms with van der Waals surface area (Å²) in [6.07, 6.45) is 0. The number of aryl methyl sites for hydroxylation is 3. The summed E-state index contributed by atoms with van der Waals surface area (Å²) >= 11 is 0. The van der Waals surface area contributed by atoms with Gasteiger partial charge in [-0.3, -0.25) is 9.89 Å². The summed E-state index contributed by atoms with van der Waals surface area (Å²) in [5.74, 6) is -0.434. The van der Waals surface area contributed by atoms with E-state index in [1.807, 2.05) is 25.1 Å². The lowest BCUT2D eigenvalue weighted by atomic mass is 10.1. The summed E-state index contributed by atoms with van der Waals surface area (Å²) in [6.45, 7) is 10.7. The van der Waals surface area contributed by atoms with Crippen molar-refractivity contribution in [2.24, 2.45) is 0 Å². The third-order valence-electron chi connectivity index (χ3n) is 4.36. The van der Waals surface area contributed by atoms with Crippen LogP contribution in [0.3, 0.4) is 0 Å². The molecule has 0 spiro atoms. The molecule has 2 rings (SSSR count). The van der Waals surface area contributed by atoms with Crippen molar-refractivity contribution in [1.29, 1.82) is 0 Å². The molecule has 1 heterocycles. The van der Waals surface area contributed by atoms with Crippen molar-refractivity contribution < 1.29 is 13.2 Å². The summed E-state index contributed by atoms with van der Waals surface area (Å²) in [7, 11) is -3.81. The Morgan fingerprint density at radius 3 is 2.37 bits per heavy atom. The van der Waals surface area contributed by atoms with Crippen LogP contribution in [0.2, 0.25) is 0 Å².